The van der Waals surface area contributed by atoms with Gasteiger partial charge in [-0.15, -0.1) is 11.8 Å². The summed E-state index contributed by atoms with van der Waals surface area (Å²) < 4.78 is 12.7. The summed E-state index contributed by atoms with van der Waals surface area (Å²) in [5, 5.41) is 9.62. The molecule has 1 amide bonds. The van der Waals surface area contributed by atoms with E-state index >= 15 is 0 Å². The van der Waals surface area contributed by atoms with Crippen molar-refractivity contribution in [3.05, 3.63) is 41.3 Å². The Balaban J connectivity index is 1.78. The third-order valence-electron chi connectivity index (χ3n) is 2.92. The van der Waals surface area contributed by atoms with Gasteiger partial charge in [-0.25, -0.2) is 4.39 Å². The average molecular weight is 293 g/mol. The summed E-state index contributed by atoms with van der Waals surface area (Å²) in [5.74, 6) is 0.893. The van der Waals surface area contributed by atoms with Gasteiger partial charge in [0.2, 0.25) is 5.91 Å². The van der Waals surface area contributed by atoms with Gasteiger partial charge in [0.25, 0.3) is 0 Å². The maximum Gasteiger partial charge on any atom is 0.226 e. The van der Waals surface area contributed by atoms with Crippen LogP contribution in [0.4, 0.5) is 10.2 Å². The van der Waals surface area contributed by atoms with E-state index in [9.17, 15) is 9.18 Å². The number of thioether (sulfide) groups is 1. The maximum atomic E-state index is 12.7. The summed E-state index contributed by atoms with van der Waals surface area (Å²) >= 11 is 1.52. The molecule has 0 bridgehead atoms. The molecule has 0 fully saturated rings. The van der Waals surface area contributed by atoms with Crippen molar-refractivity contribution in [3.63, 3.8) is 0 Å². The molecule has 2 rings (SSSR count). The van der Waals surface area contributed by atoms with Crippen molar-refractivity contribution in [2.24, 2.45) is 0 Å². The fourth-order valence-electron chi connectivity index (χ4n) is 1.59. The smallest absolute Gasteiger partial charge is 0.226 e. The first kappa shape index (κ1) is 14.6. The third kappa shape index (κ3) is 3.84. The molecule has 0 radical (unpaired) electrons. The van der Waals surface area contributed by atoms with Crippen molar-refractivity contribution in [3.8, 4) is 0 Å². The molecule has 0 saturated heterocycles. The number of anilines is 1. The van der Waals surface area contributed by atoms with Crippen LogP contribution in [0, 0.1) is 19.7 Å². The van der Waals surface area contributed by atoms with Crippen LogP contribution in [-0.4, -0.2) is 21.9 Å². The lowest BCUT2D eigenvalue weighted by Gasteiger charge is -2.03. The minimum atomic E-state index is -0.253. The lowest BCUT2D eigenvalue weighted by Crippen LogP contribution is -2.13. The molecule has 0 aliphatic carbocycles. The summed E-state index contributed by atoms with van der Waals surface area (Å²) in [5.41, 5.74) is 1.89. The predicted molar refractivity (Wildman–Crippen MR) is 78.4 cm³/mol. The molecule has 106 valence electrons. The first-order chi connectivity index (χ1) is 9.56. The monoisotopic (exact) mass is 293 g/mol. The van der Waals surface area contributed by atoms with Gasteiger partial charge in [-0.1, -0.05) is 0 Å². The second kappa shape index (κ2) is 6.56. The highest BCUT2D eigenvalue weighted by atomic mass is 32.2. The second-order valence-electron chi connectivity index (χ2n) is 4.42. The first-order valence-corrected chi connectivity index (χ1v) is 7.24. The summed E-state index contributed by atoms with van der Waals surface area (Å²) in [6, 6.07) is 6.24. The van der Waals surface area contributed by atoms with Crippen molar-refractivity contribution >= 4 is 23.5 Å². The van der Waals surface area contributed by atoms with Gasteiger partial charge in [0.05, 0.1) is 0 Å². The van der Waals surface area contributed by atoms with Crippen LogP contribution >= 0.6 is 11.8 Å². The van der Waals surface area contributed by atoms with E-state index in [0.29, 0.717) is 18.0 Å². The lowest BCUT2D eigenvalue weighted by molar-refractivity contribution is -0.115. The van der Waals surface area contributed by atoms with Crippen LogP contribution in [0.15, 0.2) is 29.2 Å². The van der Waals surface area contributed by atoms with E-state index in [1.807, 2.05) is 13.8 Å². The molecule has 0 unspecified atom stereocenters. The fourth-order valence-corrected chi connectivity index (χ4v) is 2.45. The number of benzene rings is 1. The molecule has 0 atom stereocenters. The van der Waals surface area contributed by atoms with Gasteiger partial charge < -0.3 is 5.32 Å². The van der Waals surface area contributed by atoms with Gasteiger partial charge >= 0.3 is 0 Å². The number of nitrogens with one attached hydrogen (secondary N) is 2. The van der Waals surface area contributed by atoms with Gasteiger partial charge in [0, 0.05) is 28.3 Å². The van der Waals surface area contributed by atoms with Crippen molar-refractivity contribution in [2.75, 3.05) is 11.1 Å². The highest BCUT2D eigenvalue weighted by molar-refractivity contribution is 7.99. The number of aryl methyl sites for hydroxylation is 1. The quantitative estimate of drug-likeness (QED) is 0.832. The molecular weight excluding hydrogens is 277 g/mol. The van der Waals surface area contributed by atoms with E-state index in [2.05, 4.69) is 15.5 Å². The van der Waals surface area contributed by atoms with Gasteiger partial charge in [0.15, 0.2) is 5.82 Å². The van der Waals surface area contributed by atoms with E-state index in [0.717, 1.165) is 16.2 Å². The zero-order valence-corrected chi connectivity index (χ0v) is 12.2. The lowest BCUT2D eigenvalue weighted by atomic mass is 10.3. The molecule has 0 spiro atoms. The topological polar surface area (TPSA) is 57.8 Å². The molecule has 0 aliphatic heterocycles. The molecule has 0 aliphatic rings. The zero-order chi connectivity index (χ0) is 14.5. The number of rotatable bonds is 5. The van der Waals surface area contributed by atoms with Crippen LogP contribution in [0.2, 0.25) is 0 Å². The Morgan fingerprint density at radius 2 is 2.05 bits per heavy atom. The Morgan fingerprint density at radius 3 is 2.65 bits per heavy atom. The largest absolute Gasteiger partial charge is 0.309 e. The van der Waals surface area contributed by atoms with Crippen LogP contribution in [0.1, 0.15) is 17.7 Å². The highest BCUT2D eigenvalue weighted by Gasteiger charge is 2.09. The number of H-pyrrole nitrogens is 1. The van der Waals surface area contributed by atoms with Gasteiger partial charge in [0.1, 0.15) is 5.82 Å². The normalized spacial score (nSPS) is 10.6. The zero-order valence-electron chi connectivity index (χ0n) is 11.4. The summed E-state index contributed by atoms with van der Waals surface area (Å²) in [4.78, 5) is 12.7. The minimum absolute atomic E-state index is 0.0748. The standard InChI is InChI=1S/C14H16FN3OS/c1-9-10(2)17-18-14(9)16-13(19)7-8-20-12-5-3-11(15)4-6-12/h3-6H,7-8H2,1-2H3,(H2,16,17,18,19). The second-order valence-corrected chi connectivity index (χ2v) is 5.59. The minimum Gasteiger partial charge on any atom is -0.309 e. The predicted octanol–water partition coefficient (Wildman–Crippen LogP) is 3.29. The van der Waals surface area contributed by atoms with E-state index in [-0.39, 0.29) is 11.7 Å². The fraction of sp³-hybridized carbons (Fsp3) is 0.286. The number of nitrogens with zero attached hydrogens (tertiary/aromatic N) is 1. The molecule has 2 N–H and O–H groups in total. The first-order valence-electron chi connectivity index (χ1n) is 6.26. The van der Waals surface area contributed by atoms with E-state index < -0.39 is 0 Å². The Bertz CT molecular complexity index is 595. The number of carbonyl (C=O) groups is 1. The van der Waals surface area contributed by atoms with Crippen molar-refractivity contribution in [2.45, 2.75) is 25.2 Å². The molecule has 1 aromatic carbocycles. The van der Waals surface area contributed by atoms with Crippen LogP contribution < -0.4 is 5.32 Å². The number of halogens is 1. The molecule has 2 aromatic rings. The van der Waals surface area contributed by atoms with Crippen LogP contribution in [0.3, 0.4) is 0 Å². The molecular formula is C14H16FN3OS. The molecule has 0 saturated carbocycles. The van der Waals surface area contributed by atoms with Crippen LogP contribution in [0.25, 0.3) is 0 Å². The van der Waals surface area contributed by atoms with Crippen LogP contribution in [0.5, 0.6) is 0 Å². The number of hydrogen-bond donors (Lipinski definition) is 2. The Labute approximate surface area is 121 Å². The number of amides is 1. The van der Waals surface area contributed by atoms with Crippen molar-refractivity contribution in [1.82, 2.24) is 10.2 Å². The van der Waals surface area contributed by atoms with Crippen molar-refractivity contribution < 1.29 is 9.18 Å². The summed E-state index contributed by atoms with van der Waals surface area (Å²) in [6.07, 6.45) is 0.382. The van der Waals surface area contributed by atoms with Crippen molar-refractivity contribution in [1.29, 1.82) is 0 Å². The van der Waals surface area contributed by atoms with E-state index in [4.69, 9.17) is 0 Å². The highest BCUT2D eigenvalue weighted by Crippen LogP contribution is 2.19. The summed E-state index contributed by atoms with van der Waals surface area (Å²) in [7, 11) is 0. The van der Waals surface area contributed by atoms with Gasteiger partial charge in [-0.2, -0.15) is 5.10 Å². The molecule has 1 aromatic heterocycles. The maximum absolute atomic E-state index is 12.7. The summed E-state index contributed by atoms with van der Waals surface area (Å²) in [6.45, 7) is 3.81. The number of hydrogen-bond acceptors (Lipinski definition) is 3. The van der Waals surface area contributed by atoms with Gasteiger partial charge in [-0.3, -0.25) is 9.89 Å². The van der Waals surface area contributed by atoms with E-state index in [1.54, 1.807) is 12.1 Å². The average Bonchev–Trinajstić information content (AvgIpc) is 2.73. The number of aromatic amines is 1. The SMILES string of the molecule is Cc1[nH]nc(NC(=O)CCSc2ccc(F)cc2)c1C. The molecule has 20 heavy (non-hydrogen) atoms. The van der Waals surface area contributed by atoms with Crippen LogP contribution in [-0.2, 0) is 4.79 Å². The number of aromatic nitrogens is 2. The van der Waals surface area contributed by atoms with E-state index in [1.165, 1.54) is 23.9 Å². The number of carbonyl (C=O) groups excluding carboxylic acids is 1. The Kier molecular flexibility index (Phi) is 4.79. The molecule has 6 heteroatoms. The molecule has 1 heterocycles. The third-order valence-corrected chi connectivity index (χ3v) is 3.94. The molecule has 4 nitrogen and oxygen atoms in total. The Hall–Kier alpha value is -1.82. The Morgan fingerprint density at radius 1 is 1.35 bits per heavy atom. The van der Waals surface area contributed by atoms with Gasteiger partial charge in [-0.05, 0) is 38.1 Å².